The highest BCUT2D eigenvalue weighted by Crippen LogP contribution is 2.23. The van der Waals surface area contributed by atoms with Gasteiger partial charge in [-0.15, -0.1) is 0 Å². The Kier molecular flexibility index (Phi) is 3.41. The largest absolute Gasteiger partial charge is 0.508 e. The molecule has 0 aliphatic carbocycles. The zero-order valence-electron chi connectivity index (χ0n) is 12.3. The minimum atomic E-state index is 0.0957. The second-order valence-electron chi connectivity index (χ2n) is 5.67. The van der Waals surface area contributed by atoms with E-state index in [-0.39, 0.29) is 17.7 Å². The van der Waals surface area contributed by atoms with Gasteiger partial charge in [-0.05, 0) is 37.6 Å². The lowest BCUT2D eigenvalue weighted by Gasteiger charge is -2.39. The van der Waals surface area contributed by atoms with Crippen LogP contribution in [0.5, 0.6) is 5.75 Å². The molecule has 0 spiro atoms. The van der Waals surface area contributed by atoms with Gasteiger partial charge in [-0.1, -0.05) is 12.1 Å². The van der Waals surface area contributed by atoms with Crippen molar-refractivity contribution in [3.63, 3.8) is 0 Å². The number of carbonyl (C=O) groups is 1. The molecule has 1 aliphatic heterocycles. The highest BCUT2D eigenvalue weighted by Gasteiger charge is 2.32. The number of aromatic nitrogens is 2. The topological polar surface area (TPSA) is 58.4 Å². The first-order chi connectivity index (χ1) is 10.0. The lowest BCUT2D eigenvalue weighted by Crippen LogP contribution is -2.51. The molecule has 0 atom stereocenters. The number of phenols is 1. The monoisotopic (exact) mass is 285 g/mol. The number of aromatic hydroxyl groups is 1. The van der Waals surface area contributed by atoms with Gasteiger partial charge in [0.25, 0.3) is 0 Å². The summed E-state index contributed by atoms with van der Waals surface area (Å²) in [5, 5.41) is 13.9. The van der Waals surface area contributed by atoms with Crippen molar-refractivity contribution in [3.05, 3.63) is 47.3 Å². The van der Waals surface area contributed by atoms with E-state index < -0.39 is 0 Å². The van der Waals surface area contributed by atoms with E-state index in [1.54, 1.807) is 18.2 Å². The second-order valence-corrected chi connectivity index (χ2v) is 5.67. The van der Waals surface area contributed by atoms with E-state index in [2.05, 4.69) is 11.2 Å². The summed E-state index contributed by atoms with van der Waals surface area (Å²) in [6.07, 6.45) is 0.332. The van der Waals surface area contributed by atoms with Crippen LogP contribution in [0.4, 0.5) is 0 Å². The standard InChI is InChI=1S/C16H19N3O2/c1-11-6-12(2)19(17-11)14-9-18(10-14)16(21)8-13-4-3-5-15(20)7-13/h3-7,14,20H,8-10H2,1-2H3. The average molecular weight is 285 g/mol. The Balaban J connectivity index is 1.58. The number of hydrogen-bond acceptors (Lipinski definition) is 3. The smallest absolute Gasteiger partial charge is 0.227 e. The third-order valence-corrected chi connectivity index (χ3v) is 3.87. The van der Waals surface area contributed by atoms with Crippen molar-refractivity contribution in [2.24, 2.45) is 0 Å². The molecule has 3 rings (SSSR count). The summed E-state index contributed by atoms with van der Waals surface area (Å²) in [7, 11) is 0. The van der Waals surface area contributed by atoms with Crippen molar-refractivity contribution >= 4 is 5.91 Å². The minimum absolute atomic E-state index is 0.0957. The predicted molar refractivity (Wildman–Crippen MR) is 79.1 cm³/mol. The van der Waals surface area contributed by atoms with Crippen LogP contribution >= 0.6 is 0 Å². The van der Waals surface area contributed by atoms with Crippen molar-refractivity contribution in [2.75, 3.05) is 13.1 Å². The molecule has 0 unspecified atom stereocenters. The number of aryl methyl sites for hydroxylation is 2. The van der Waals surface area contributed by atoms with Gasteiger partial charge in [-0.2, -0.15) is 5.10 Å². The number of benzene rings is 1. The van der Waals surface area contributed by atoms with E-state index in [1.165, 1.54) is 0 Å². The average Bonchev–Trinajstić information content (AvgIpc) is 2.66. The zero-order valence-corrected chi connectivity index (χ0v) is 12.3. The zero-order chi connectivity index (χ0) is 15.0. The van der Waals surface area contributed by atoms with Gasteiger partial charge in [0.05, 0.1) is 18.2 Å². The van der Waals surface area contributed by atoms with Crippen molar-refractivity contribution in [1.82, 2.24) is 14.7 Å². The molecule has 1 fully saturated rings. The van der Waals surface area contributed by atoms with Gasteiger partial charge >= 0.3 is 0 Å². The molecule has 2 aromatic rings. The molecule has 5 nitrogen and oxygen atoms in total. The summed E-state index contributed by atoms with van der Waals surface area (Å²) in [4.78, 5) is 14.0. The van der Waals surface area contributed by atoms with Crippen molar-refractivity contribution in [1.29, 1.82) is 0 Å². The van der Waals surface area contributed by atoms with Gasteiger partial charge < -0.3 is 10.0 Å². The Morgan fingerprint density at radius 1 is 1.33 bits per heavy atom. The lowest BCUT2D eigenvalue weighted by molar-refractivity contribution is -0.136. The summed E-state index contributed by atoms with van der Waals surface area (Å²) >= 11 is 0. The van der Waals surface area contributed by atoms with Crippen LogP contribution in [0.2, 0.25) is 0 Å². The van der Waals surface area contributed by atoms with E-state index in [4.69, 9.17) is 0 Å². The Labute approximate surface area is 123 Å². The number of likely N-dealkylation sites (tertiary alicyclic amines) is 1. The molecule has 1 aliphatic rings. The fourth-order valence-corrected chi connectivity index (χ4v) is 2.78. The molecule has 0 saturated carbocycles. The van der Waals surface area contributed by atoms with Gasteiger partial charge in [-0.25, -0.2) is 0 Å². The number of hydrogen-bond donors (Lipinski definition) is 1. The van der Waals surface area contributed by atoms with Gasteiger partial charge in [0.15, 0.2) is 0 Å². The molecule has 110 valence electrons. The van der Waals surface area contributed by atoms with Gasteiger partial charge in [0.1, 0.15) is 5.75 Å². The van der Waals surface area contributed by atoms with E-state index in [0.29, 0.717) is 19.5 Å². The van der Waals surface area contributed by atoms with Crippen LogP contribution in [0.25, 0.3) is 0 Å². The predicted octanol–water partition coefficient (Wildman–Crippen LogP) is 1.83. The lowest BCUT2D eigenvalue weighted by atomic mass is 10.1. The van der Waals surface area contributed by atoms with Crippen LogP contribution in [0.15, 0.2) is 30.3 Å². The fraction of sp³-hybridized carbons (Fsp3) is 0.375. The number of phenolic OH excluding ortho intramolecular Hbond substituents is 1. The van der Waals surface area contributed by atoms with Crippen LogP contribution in [0.3, 0.4) is 0 Å². The van der Waals surface area contributed by atoms with Crippen LogP contribution in [-0.4, -0.2) is 38.8 Å². The first-order valence-corrected chi connectivity index (χ1v) is 7.11. The van der Waals surface area contributed by atoms with Crippen LogP contribution in [0, 0.1) is 13.8 Å². The summed E-state index contributed by atoms with van der Waals surface area (Å²) in [5.74, 6) is 0.294. The van der Waals surface area contributed by atoms with Crippen LogP contribution in [0.1, 0.15) is 23.0 Å². The fourth-order valence-electron chi connectivity index (χ4n) is 2.78. The molecule has 1 aromatic heterocycles. The molecule has 1 aromatic carbocycles. The van der Waals surface area contributed by atoms with E-state index in [9.17, 15) is 9.90 Å². The van der Waals surface area contributed by atoms with E-state index in [0.717, 1.165) is 17.0 Å². The van der Waals surface area contributed by atoms with E-state index >= 15 is 0 Å². The molecule has 1 N–H and O–H groups in total. The molecule has 5 heteroatoms. The maximum Gasteiger partial charge on any atom is 0.227 e. The molecular formula is C16H19N3O2. The van der Waals surface area contributed by atoms with Crippen molar-refractivity contribution < 1.29 is 9.90 Å². The minimum Gasteiger partial charge on any atom is -0.508 e. The third kappa shape index (κ3) is 2.77. The quantitative estimate of drug-likeness (QED) is 0.936. The molecular weight excluding hydrogens is 266 g/mol. The molecule has 21 heavy (non-hydrogen) atoms. The second kappa shape index (κ2) is 5.24. The van der Waals surface area contributed by atoms with Crippen molar-refractivity contribution in [3.8, 4) is 5.75 Å². The van der Waals surface area contributed by atoms with Gasteiger partial charge in [0, 0.05) is 18.8 Å². The summed E-state index contributed by atoms with van der Waals surface area (Å²) in [6, 6.07) is 9.19. The Morgan fingerprint density at radius 3 is 2.71 bits per heavy atom. The van der Waals surface area contributed by atoms with Crippen LogP contribution < -0.4 is 0 Å². The highest BCUT2D eigenvalue weighted by molar-refractivity contribution is 5.79. The van der Waals surface area contributed by atoms with Crippen molar-refractivity contribution in [2.45, 2.75) is 26.3 Å². The molecule has 2 heterocycles. The first kappa shape index (κ1) is 13.7. The summed E-state index contributed by atoms with van der Waals surface area (Å²) in [6.45, 7) is 5.43. The molecule has 1 amide bonds. The van der Waals surface area contributed by atoms with Gasteiger partial charge in [-0.3, -0.25) is 9.48 Å². The van der Waals surface area contributed by atoms with E-state index in [1.807, 2.05) is 29.5 Å². The number of rotatable bonds is 3. The Bertz CT molecular complexity index is 672. The molecule has 0 radical (unpaired) electrons. The Morgan fingerprint density at radius 2 is 2.10 bits per heavy atom. The van der Waals surface area contributed by atoms with Crippen LogP contribution in [-0.2, 0) is 11.2 Å². The molecule has 0 bridgehead atoms. The number of amides is 1. The summed E-state index contributed by atoms with van der Waals surface area (Å²) in [5.41, 5.74) is 2.99. The SMILES string of the molecule is Cc1cc(C)n(C2CN(C(=O)Cc3cccc(O)c3)C2)n1. The maximum absolute atomic E-state index is 12.2. The highest BCUT2D eigenvalue weighted by atomic mass is 16.3. The first-order valence-electron chi connectivity index (χ1n) is 7.11. The normalized spacial score (nSPS) is 15.0. The number of carbonyl (C=O) groups excluding carboxylic acids is 1. The molecule has 1 saturated heterocycles. The summed E-state index contributed by atoms with van der Waals surface area (Å²) < 4.78 is 2.01. The van der Waals surface area contributed by atoms with Gasteiger partial charge in [0.2, 0.25) is 5.91 Å². The number of nitrogens with zero attached hydrogens (tertiary/aromatic N) is 3. The third-order valence-electron chi connectivity index (χ3n) is 3.87. The maximum atomic E-state index is 12.2. The Hall–Kier alpha value is -2.30.